The van der Waals surface area contributed by atoms with Gasteiger partial charge in [0.25, 0.3) is 0 Å². The summed E-state index contributed by atoms with van der Waals surface area (Å²) in [5.74, 6) is 1.90. The summed E-state index contributed by atoms with van der Waals surface area (Å²) in [6.45, 7) is 18.5. The number of benzene rings is 1. The van der Waals surface area contributed by atoms with Crippen LogP contribution >= 0.6 is 0 Å². The third-order valence-corrected chi connectivity index (χ3v) is 15.5. The Labute approximate surface area is 304 Å². The first-order valence-electron chi connectivity index (χ1n) is 19.4. The summed E-state index contributed by atoms with van der Waals surface area (Å²) in [5.41, 5.74) is 4.22. The van der Waals surface area contributed by atoms with E-state index in [1.165, 1.54) is 30.4 Å². The number of allylic oxidation sites excluding steroid dienone is 4. The van der Waals surface area contributed by atoms with Crippen molar-refractivity contribution in [3.8, 4) is 0 Å². The molecule has 1 aromatic rings. The van der Waals surface area contributed by atoms with Gasteiger partial charge in [-0.1, -0.05) is 70.9 Å². The quantitative estimate of drug-likeness (QED) is 0.110. The highest BCUT2D eigenvalue weighted by molar-refractivity contribution is 7.79. The molecule has 3 saturated carbocycles. The Morgan fingerprint density at radius 3 is 2.28 bits per heavy atom. The van der Waals surface area contributed by atoms with E-state index < -0.39 is 17.0 Å². The molecule has 2 unspecified atom stereocenters. The summed E-state index contributed by atoms with van der Waals surface area (Å²) in [7, 11) is 0. The van der Waals surface area contributed by atoms with E-state index in [0.29, 0.717) is 54.8 Å². The van der Waals surface area contributed by atoms with Crippen molar-refractivity contribution < 1.29 is 23.5 Å². The van der Waals surface area contributed by atoms with Gasteiger partial charge in [0.1, 0.15) is 0 Å². The summed E-state index contributed by atoms with van der Waals surface area (Å²) in [6, 6.07) is 7.50. The van der Waals surface area contributed by atoms with Crippen LogP contribution in [-0.4, -0.2) is 51.1 Å². The van der Waals surface area contributed by atoms with Crippen LogP contribution in [-0.2, 0) is 15.9 Å². The molecule has 0 saturated heterocycles. The molecule has 4 aliphatic rings. The molecule has 5 rings (SSSR count). The van der Waals surface area contributed by atoms with E-state index in [2.05, 4.69) is 71.3 Å². The van der Waals surface area contributed by atoms with Gasteiger partial charge in [0.05, 0.1) is 16.7 Å². The first-order chi connectivity index (χ1) is 23.6. The van der Waals surface area contributed by atoms with E-state index in [4.69, 9.17) is 4.55 Å². The second kappa shape index (κ2) is 15.4. The van der Waals surface area contributed by atoms with Crippen LogP contribution in [0.1, 0.15) is 129 Å². The third kappa shape index (κ3) is 7.19. The van der Waals surface area contributed by atoms with Crippen molar-refractivity contribution in [2.75, 3.05) is 25.4 Å². The lowest BCUT2D eigenvalue weighted by molar-refractivity contribution is -0.139. The molecule has 0 radical (unpaired) electrons. The minimum Gasteiger partial charge on any atom is -0.478 e. The Morgan fingerprint density at radius 1 is 0.920 bits per heavy atom. The fraction of sp³-hybridized carbons (Fsp3) is 0.714. The number of carboxylic acids is 1. The molecule has 1 amide bonds. The van der Waals surface area contributed by atoms with Crippen LogP contribution in [0.2, 0.25) is 0 Å². The van der Waals surface area contributed by atoms with E-state index >= 15 is 0 Å². The van der Waals surface area contributed by atoms with Crippen molar-refractivity contribution >= 4 is 28.5 Å². The largest absolute Gasteiger partial charge is 0.478 e. The van der Waals surface area contributed by atoms with Gasteiger partial charge in [0, 0.05) is 19.6 Å². The van der Waals surface area contributed by atoms with E-state index in [9.17, 15) is 18.9 Å². The zero-order chi connectivity index (χ0) is 36.5. The molecule has 0 aromatic heterocycles. The van der Waals surface area contributed by atoms with Crippen LogP contribution in [0.15, 0.2) is 42.0 Å². The van der Waals surface area contributed by atoms with Gasteiger partial charge >= 0.3 is 5.97 Å². The maximum atomic E-state index is 14.4. The fourth-order valence-corrected chi connectivity index (χ4v) is 12.2. The van der Waals surface area contributed by atoms with Crippen LogP contribution in [0.4, 0.5) is 0 Å². The molecule has 0 aliphatic heterocycles. The van der Waals surface area contributed by atoms with Crippen LogP contribution < -0.4 is 10.6 Å². The Morgan fingerprint density at radius 2 is 1.62 bits per heavy atom. The molecule has 4 aliphatic carbocycles. The molecule has 4 N–H and O–H groups in total. The van der Waals surface area contributed by atoms with Crippen molar-refractivity contribution in [2.24, 2.45) is 51.2 Å². The Hall–Kier alpha value is -2.29. The first-order valence-corrected chi connectivity index (χ1v) is 20.6. The maximum absolute atomic E-state index is 14.4. The SMILES string of the molecule is C/C=C(/C)[C@@H]1CC[C@]2(C(=O)NCCNCCS(=O)O)CC[C@@H](C)[C@]3(C)CC[C@H]4C(C)(C)C(c5ccc(C(=O)O)cc5)=CC[C@]4(C)C3CCC[C@@H]12. The molecule has 0 heterocycles. The van der Waals surface area contributed by atoms with Crippen molar-refractivity contribution in [3.05, 3.63) is 53.1 Å². The molecule has 0 bridgehead atoms. The van der Waals surface area contributed by atoms with Crippen molar-refractivity contribution in [2.45, 2.75) is 113 Å². The normalized spacial score (nSPS) is 36.3. The van der Waals surface area contributed by atoms with Gasteiger partial charge in [-0.2, -0.15) is 0 Å². The van der Waals surface area contributed by atoms with E-state index in [1.54, 1.807) is 12.1 Å². The molecular formula is C42H64N2O5S. The molecule has 50 heavy (non-hydrogen) atoms. The molecule has 0 spiro atoms. The number of hydrogen-bond acceptors (Lipinski definition) is 4. The average Bonchev–Trinajstić information content (AvgIpc) is 3.44. The lowest BCUT2D eigenvalue weighted by Crippen LogP contribution is -2.56. The van der Waals surface area contributed by atoms with E-state index in [-0.39, 0.29) is 33.3 Å². The van der Waals surface area contributed by atoms with Crippen LogP contribution in [0.5, 0.6) is 0 Å². The lowest BCUT2D eigenvalue weighted by Gasteiger charge is -2.64. The number of carboxylic acid groups (broad SMARTS) is 1. The summed E-state index contributed by atoms with van der Waals surface area (Å²) in [5, 5.41) is 16.0. The summed E-state index contributed by atoms with van der Waals surface area (Å²) >= 11 is -1.81. The van der Waals surface area contributed by atoms with Crippen LogP contribution in [0.3, 0.4) is 0 Å². The predicted octanol–water partition coefficient (Wildman–Crippen LogP) is 8.74. The third-order valence-electron chi connectivity index (χ3n) is 14.9. The molecule has 9 atom stereocenters. The number of hydrogen-bond donors (Lipinski definition) is 4. The fourth-order valence-electron chi connectivity index (χ4n) is 11.9. The minimum atomic E-state index is -1.81. The summed E-state index contributed by atoms with van der Waals surface area (Å²) in [4.78, 5) is 25.9. The van der Waals surface area contributed by atoms with Crippen LogP contribution in [0.25, 0.3) is 5.57 Å². The maximum Gasteiger partial charge on any atom is 0.335 e. The highest BCUT2D eigenvalue weighted by Crippen LogP contribution is 2.69. The molecule has 7 nitrogen and oxygen atoms in total. The van der Waals surface area contributed by atoms with Gasteiger partial charge < -0.3 is 20.3 Å². The predicted molar refractivity (Wildman–Crippen MR) is 204 cm³/mol. The van der Waals surface area contributed by atoms with E-state index in [1.807, 2.05) is 12.1 Å². The van der Waals surface area contributed by atoms with Gasteiger partial charge in [-0.25, -0.2) is 9.00 Å². The smallest absolute Gasteiger partial charge is 0.335 e. The number of rotatable bonds is 10. The van der Waals surface area contributed by atoms with Gasteiger partial charge in [-0.3, -0.25) is 4.79 Å². The second-order valence-electron chi connectivity index (χ2n) is 17.4. The average molecular weight is 709 g/mol. The lowest BCUT2D eigenvalue weighted by atomic mass is 9.40. The minimum absolute atomic E-state index is 0.0333. The highest BCUT2D eigenvalue weighted by atomic mass is 32.2. The number of fused-ring (bicyclic) bond motifs is 4. The highest BCUT2D eigenvalue weighted by Gasteiger charge is 2.61. The van der Waals surface area contributed by atoms with E-state index in [0.717, 1.165) is 50.5 Å². The van der Waals surface area contributed by atoms with Gasteiger partial charge in [-0.15, -0.1) is 0 Å². The molecular weight excluding hydrogens is 645 g/mol. The van der Waals surface area contributed by atoms with Crippen molar-refractivity contribution in [1.82, 2.24) is 10.6 Å². The number of nitrogens with one attached hydrogen (secondary N) is 2. The summed E-state index contributed by atoms with van der Waals surface area (Å²) < 4.78 is 20.1. The number of carbonyl (C=O) groups is 2. The van der Waals surface area contributed by atoms with Crippen LogP contribution in [0, 0.1) is 51.2 Å². The molecule has 278 valence electrons. The molecule has 8 heteroatoms. The van der Waals surface area contributed by atoms with Crippen molar-refractivity contribution in [1.29, 1.82) is 0 Å². The zero-order valence-electron chi connectivity index (χ0n) is 31.8. The number of amides is 1. The topological polar surface area (TPSA) is 116 Å². The number of carbonyl (C=O) groups excluding carboxylic acids is 1. The first kappa shape index (κ1) is 38.9. The monoisotopic (exact) mass is 708 g/mol. The zero-order valence-corrected chi connectivity index (χ0v) is 32.6. The molecule has 1 aromatic carbocycles. The van der Waals surface area contributed by atoms with Gasteiger partial charge in [0.15, 0.2) is 11.1 Å². The Kier molecular flexibility index (Phi) is 12.0. The summed E-state index contributed by atoms with van der Waals surface area (Å²) in [6.07, 6.45) is 15.6. The van der Waals surface area contributed by atoms with Gasteiger partial charge in [-0.05, 0) is 141 Å². The van der Waals surface area contributed by atoms with Crippen molar-refractivity contribution in [3.63, 3.8) is 0 Å². The number of aromatic carboxylic acids is 1. The van der Waals surface area contributed by atoms with Gasteiger partial charge in [0.2, 0.25) is 5.91 Å². The standard InChI is InChI=1S/C42H64N2O5S/c1-8-28(2)32-17-23-42(38(47)44-25-24-43-26-27-50(48)49)22-16-29(3)40(6)21-19-35-39(4,5)33(30-12-14-31(15-13-30)37(45)46)18-20-41(35,7)36(40)11-9-10-34(32)42/h8,12-15,18,29,32,34-36,43H,9-11,16-17,19-27H2,1-7H3,(H,44,47)(H,45,46)(H,48,49)/b28-8-/t29-,32+,34+,35+,36?,40+,41+,42-/m1/s1. The Balaban J connectivity index is 1.41. The second-order valence-corrected chi connectivity index (χ2v) is 18.5. The Bertz CT molecular complexity index is 1480. The molecule has 3 fully saturated rings.